The molecule has 1 atom stereocenters. The average Bonchev–Trinajstić information content (AvgIpc) is 2.95. The van der Waals surface area contributed by atoms with E-state index >= 15 is 0 Å². The highest BCUT2D eigenvalue weighted by Gasteiger charge is 2.21. The van der Waals surface area contributed by atoms with Gasteiger partial charge in [0.1, 0.15) is 0 Å². The Morgan fingerprint density at radius 3 is 2.50 bits per heavy atom. The summed E-state index contributed by atoms with van der Waals surface area (Å²) < 4.78 is 2.35. The molecule has 4 heteroatoms. The molecule has 1 aromatic carbocycles. The number of rotatable bonds is 6. The quantitative estimate of drug-likeness (QED) is 0.860. The van der Waals surface area contributed by atoms with Gasteiger partial charge in [0.05, 0.1) is 12.6 Å². The minimum Gasteiger partial charge on any atom is -0.394 e. The maximum atomic E-state index is 9.87. The zero-order valence-corrected chi connectivity index (χ0v) is 15.6. The van der Waals surface area contributed by atoms with Crippen molar-refractivity contribution in [1.29, 1.82) is 0 Å². The molecule has 3 nitrogen and oxygen atoms in total. The van der Waals surface area contributed by atoms with Crippen molar-refractivity contribution >= 4 is 11.8 Å². The number of thioether (sulfide) groups is 1. The molecule has 3 rings (SSSR count). The van der Waals surface area contributed by atoms with Crippen molar-refractivity contribution in [3.63, 3.8) is 0 Å². The molecule has 0 radical (unpaired) electrons. The second-order valence-corrected chi connectivity index (χ2v) is 7.73. The van der Waals surface area contributed by atoms with E-state index in [1.54, 1.807) is 0 Å². The molecule has 0 spiro atoms. The van der Waals surface area contributed by atoms with Crippen LogP contribution in [0.1, 0.15) is 30.6 Å². The fourth-order valence-corrected chi connectivity index (χ4v) is 4.51. The molecule has 130 valence electrons. The molecule has 1 N–H and O–H groups in total. The third-order valence-electron chi connectivity index (χ3n) is 5.01. The number of nitrogens with zero attached hydrogens (tertiary/aromatic N) is 2. The summed E-state index contributed by atoms with van der Waals surface area (Å²) in [5.74, 6) is 2.47. The van der Waals surface area contributed by atoms with Gasteiger partial charge in [-0.25, -0.2) is 0 Å². The highest BCUT2D eigenvalue weighted by Crippen LogP contribution is 2.31. The maximum Gasteiger partial charge on any atom is 0.0639 e. The van der Waals surface area contributed by atoms with Crippen LogP contribution in [0.25, 0.3) is 11.3 Å². The fraction of sp³-hybridized carbons (Fsp3) is 0.500. The monoisotopic (exact) mass is 344 g/mol. The zero-order valence-electron chi connectivity index (χ0n) is 14.7. The smallest absolute Gasteiger partial charge is 0.0639 e. The average molecular weight is 345 g/mol. The molecular formula is C20H28N2OS. The topological polar surface area (TPSA) is 28.4 Å². The lowest BCUT2D eigenvalue weighted by atomic mass is 10.1. The summed E-state index contributed by atoms with van der Waals surface area (Å²) in [4.78, 5) is 2.55. The summed E-state index contributed by atoms with van der Waals surface area (Å²) in [7, 11) is 0. The minimum absolute atomic E-state index is 0.144. The zero-order chi connectivity index (χ0) is 16.9. The Morgan fingerprint density at radius 1 is 1.17 bits per heavy atom. The Balaban J connectivity index is 1.98. The van der Waals surface area contributed by atoms with E-state index in [2.05, 4.69) is 71.5 Å². The third-order valence-corrected chi connectivity index (χ3v) is 5.95. The summed E-state index contributed by atoms with van der Waals surface area (Å²) in [5, 5.41) is 9.87. The van der Waals surface area contributed by atoms with Gasteiger partial charge in [-0.2, -0.15) is 11.8 Å². The molecule has 0 bridgehead atoms. The first-order chi connectivity index (χ1) is 11.7. The Labute approximate surface area is 149 Å². The van der Waals surface area contributed by atoms with E-state index < -0.39 is 0 Å². The van der Waals surface area contributed by atoms with E-state index in [9.17, 15) is 5.11 Å². The summed E-state index contributed by atoms with van der Waals surface area (Å²) in [5.41, 5.74) is 5.16. The molecule has 1 aliphatic heterocycles. The number of benzene rings is 1. The second kappa shape index (κ2) is 8.24. The Hall–Kier alpha value is -1.23. The van der Waals surface area contributed by atoms with Gasteiger partial charge in [-0.1, -0.05) is 37.3 Å². The largest absolute Gasteiger partial charge is 0.394 e. The highest BCUT2D eigenvalue weighted by atomic mass is 32.2. The van der Waals surface area contributed by atoms with Gasteiger partial charge in [-0.05, 0) is 30.5 Å². The first-order valence-electron chi connectivity index (χ1n) is 8.91. The predicted octanol–water partition coefficient (Wildman–Crippen LogP) is 3.96. The van der Waals surface area contributed by atoms with Crippen LogP contribution in [0, 0.1) is 6.92 Å². The molecule has 0 saturated carbocycles. The molecule has 1 aromatic heterocycles. The Kier molecular flexibility index (Phi) is 6.04. The number of aliphatic hydroxyl groups excluding tert-OH is 1. The number of aliphatic hydroxyl groups is 1. The highest BCUT2D eigenvalue weighted by molar-refractivity contribution is 7.99. The van der Waals surface area contributed by atoms with Crippen molar-refractivity contribution in [2.24, 2.45) is 0 Å². The molecule has 0 amide bonds. The first-order valence-corrected chi connectivity index (χ1v) is 10.1. The van der Waals surface area contributed by atoms with E-state index in [1.807, 2.05) is 0 Å². The van der Waals surface area contributed by atoms with Crippen LogP contribution < -0.4 is 0 Å². The molecule has 1 aliphatic rings. The summed E-state index contributed by atoms with van der Waals surface area (Å²) in [6, 6.07) is 13.0. The van der Waals surface area contributed by atoms with Crippen LogP contribution in [0.3, 0.4) is 0 Å². The van der Waals surface area contributed by atoms with Gasteiger partial charge >= 0.3 is 0 Å². The lowest BCUT2D eigenvalue weighted by Crippen LogP contribution is -2.32. The molecule has 1 saturated heterocycles. The van der Waals surface area contributed by atoms with Crippen molar-refractivity contribution in [3.8, 4) is 11.3 Å². The van der Waals surface area contributed by atoms with Crippen molar-refractivity contribution in [2.75, 3.05) is 31.2 Å². The lowest BCUT2D eigenvalue weighted by Gasteiger charge is -2.26. The van der Waals surface area contributed by atoms with Crippen LogP contribution >= 0.6 is 11.8 Å². The normalized spacial score (nSPS) is 17.1. The van der Waals surface area contributed by atoms with E-state index in [0.717, 1.165) is 13.0 Å². The van der Waals surface area contributed by atoms with Crippen LogP contribution in [-0.2, 0) is 6.54 Å². The summed E-state index contributed by atoms with van der Waals surface area (Å²) in [6.07, 6.45) is 0.936. The van der Waals surface area contributed by atoms with Gasteiger partial charge < -0.3 is 9.67 Å². The molecule has 1 fully saturated rings. The second-order valence-electron chi connectivity index (χ2n) is 6.51. The van der Waals surface area contributed by atoms with E-state index in [0.29, 0.717) is 0 Å². The Bertz CT molecular complexity index is 643. The standard InChI is InChI=1S/C20H28N2OS/c1-3-19(15-23)22-16(2)18(14-21-9-11-24-12-10-21)13-20(22)17-7-5-4-6-8-17/h4-8,13,19,23H,3,9-12,14-15H2,1-2H3. The summed E-state index contributed by atoms with van der Waals surface area (Å²) in [6.45, 7) is 7.91. The van der Waals surface area contributed by atoms with Crippen LogP contribution in [-0.4, -0.2) is 45.8 Å². The van der Waals surface area contributed by atoms with Gasteiger partial charge in [0, 0.05) is 42.5 Å². The van der Waals surface area contributed by atoms with Crippen molar-refractivity contribution < 1.29 is 5.11 Å². The van der Waals surface area contributed by atoms with Gasteiger partial charge in [0.25, 0.3) is 0 Å². The molecule has 2 aromatic rings. The van der Waals surface area contributed by atoms with Gasteiger partial charge in [-0.3, -0.25) is 4.90 Å². The maximum absolute atomic E-state index is 9.87. The molecule has 24 heavy (non-hydrogen) atoms. The minimum atomic E-state index is 0.144. The first kappa shape index (κ1) is 17.6. The third kappa shape index (κ3) is 3.71. The SMILES string of the molecule is CCC(CO)n1c(-c2ccccc2)cc(CN2CCSCC2)c1C. The van der Waals surface area contributed by atoms with E-state index in [-0.39, 0.29) is 12.6 Å². The lowest BCUT2D eigenvalue weighted by molar-refractivity contribution is 0.223. The van der Waals surface area contributed by atoms with E-state index in [4.69, 9.17) is 0 Å². The molecule has 1 unspecified atom stereocenters. The van der Waals surface area contributed by atoms with Gasteiger partial charge in [0.2, 0.25) is 0 Å². The van der Waals surface area contributed by atoms with E-state index in [1.165, 1.54) is 47.1 Å². The van der Waals surface area contributed by atoms with Crippen molar-refractivity contribution in [3.05, 3.63) is 47.7 Å². The van der Waals surface area contributed by atoms with Crippen molar-refractivity contribution in [1.82, 2.24) is 9.47 Å². The van der Waals surface area contributed by atoms with Crippen LogP contribution in [0.4, 0.5) is 0 Å². The number of aromatic nitrogens is 1. The van der Waals surface area contributed by atoms with Crippen LogP contribution in [0.2, 0.25) is 0 Å². The van der Waals surface area contributed by atoms with Gasteiger partial charge in [-0.15, -0.1) is 0 Å². The fourth-order valence-electron chi connectivity index (χ4n) is 3.53. The predicted molar refractivity (Wildman–Crippen MR) is 104 cm³/mol. The molecule has 2 heterocycles. The molecular weight excluding hydrogens is 316 g/mol. The number of hydrogen-bond acceptors (Lipinski definition) is 3. The summed E-state index contributed by atoms with van der Waals surface area (Å²) >= 11 is 2.05. The van der Waals surface area contributed by atoms with Gasteiger partial charge in [0.15, 0.2) is 0 Å². The van der Waals surface area contributed by atoms with Crippen LogP contribution in [0.15, 0.2) is 36.4 Å². The van der Waals surface area contributed by atoms with Crippen LogP contribution in [0.5, 0.6) is 0 Å². The van der Waals surface area contributed by atoms with Crippen molar-refractivity contribution in [2.45, 2.75) is 32.9 Å². The number of hydrogen-bond donors (Lipinski definition) is 1. The molecule has 0 aliphatic carbocycles. The Morgan fingerprint density at radius 2 is 1.88 bits per heavy atom.